The van der Waals surface area contributed by atoms with Crippen molar-refractivity contribution in [1.82, 2.24) is 4.98 Å². The highest BCUT2D eigenvalue weighted by Gasteiger charge is 2.15. The molecule has 0 bridgehead atoms. The second-order valence-electron chi connectivity index (χ2n) is 4.85. The maximum atomic E-state index is 5.88. The van der Waals surface area contributed by atoms with Crippen LogP contribution in [0.25, 0.3) is 11.5 Å². The molecular formula is C18H16BrNO2. The lowest BCUT2D eigenvalue weighted by atomic mass is 10.2. The van der Waals surface area contributed by atoms with Crippen LogP contribution < -0.4 is 4.74 Å². The Labute approximate surface area is 138 Å². The SMILES string of the molecule is CCc1oc(-c2ccccc2)nc1Oc1ccc(CBr)cc1. The predicted molar refractivity (Wildman–Crippen MR) is 90.5 cm³/mol. The minimum absolute atomic E-state index is 0.535. The van der Waals surface area contributed by atoms with E-state index in [1.807, 2.05) is 61.5 Å². The highest BCUT2D eigenvalue weighted by Crippen LogP contribution is 2.30. The maximum absolute atomic E-state index is 5.88. The quantitative estimate of drug-likeness (QED) is 0.558. The summed E-state index contributed by atoms with van der Waals surface area (Å²) in [5.74, 6) is 2.63. The van der Waals surface area contributed by atoms with Gasteiger partial charge in [-0.1, -0.05) is 53.2 Å². The minimum atomic E-state index is 0.535. The van der Waals surface area contributed by atoms with E-state index in [-0.39, 0.29) is 0 Å². The van der Waals surface area contributed by atoms with E-state index in [2.05, 4.69) is 20.9 Å². The average molecular weight is 358 g/mol. The second kappa shape index (κ2) is 6.79. The van der Waals surface area contributed by atoms with Crippen LogP contribution in [-0.4, -0.2) is 4.98 Å². The molecule has 0 spiro atoms. The van der Waals surface area contributed by atoms with Gasteiger partial charge in [-0.15, -0.1) is 0 Å². The zero-order valence-corrected chi connectivity index (χ0v) is 13.8. The highest BCUT2D eigenvalue weighted by molar-refractivity contribution is 9.08. The molecule has 4 heteroatoms. The Balaban J connectivity index is 1.88. The van der Waals surface area contributed by atoms with Gasteiger partial charge in [0.05, 0.1) is 0 Å². The van der Waals surface area contributed by atoms with Gasteiger partial charge in [-0.2, -0.15) is 4.98 Å². The summed E-state index contributed by atoms with van der Waals surface area (Å²) in [4.78, 5) is 4.49. The monoisotopic (exact) mass is 357 g/mol. The number of aromatic nitrogens is 1. The topological polar surface area (TPSA) is 35.3 Å². The van der Waals surface area contributed by atoms with Crippen molar-refractivity contribution in [2.24, 2.45) is 0 Å². The molecule has 3 aromatic rings. The van der Waals surface area contributed by atoms with Gasteiger partial charge in [0.1, 0.15) is 5.75 Å². The van der Waals surface area contributed by atoms with Crippen LogP contribution in [0.5, 0.6) is 11.6 Å². The molecule has 0 saturated carbocycles. The zero-order valence-electron chi connectivity index (χ0n) is 12.3. The molecule has 1 aromatic heterocycles. The normalized spacial score (nSPS) is 10.6. The summed E-state index contributed by atoms with van der Waals surface area (Å²) in [6.45, 7) is 2.02. The van der Waals surface area contributed by atoms with Crippen molar-refractivity contribution in [3.8, 4) is 23.1 Å². The molecule has 0 aliphatic carbocycles. The zero-order chi connectivity index (χ0) is 15.4. The lowest BCUT2D eigenvalue weighted by molar-refractivity contribution is 0.439. The molecule has 112 valence electrons. The number of halogens is 1. The lowest BCUT2D eigenvalue weighted by Gasteiger charge is -2.03. The predicted octanol–water partition coefficient (Wildman–Crippen LogP) is 5.59. The van der Waals surface area contributed by atoms with E-state index in [9.17, 15) is 0 Å². The van der Waals surface area contributed by atoms with Crippen molar-refractivity contribution in [3.63, 3.8) is 0 Å². The minimum Gasteiger partial charge on any atom is -0.437 e. The van der Waals surface area contributed by atoms with Gasteiger partial charge in [0.25, 0.3) is 5.88 Å². The van der Waals surface area contributed by atoms with Crippen molar-refractivity contribution < 1.29 is 9.15 Å². The van der Waals surface area contributed by atoms with Gasteiger partial charge in [0, 0.05) is 17.3 Å². The van der Waals surface area contributed by atoms with Crippen molar-refractivity contribution in [1.29, 1.82) is 0 Å². The van der Waals surface area contributed by atoms with E-state index in [1.54, 1.807) is 0 Å². The van der Waals surface area contributed by atoms with Crippen LogP contribution in [0.1, 0.15) is 18.2 Å². The van der Waals surface area contributed by atoms with Crippen LogP contribution in [0, 0.1) is 0 Å². The number of hydrogen-bond donors (Lipinski definition) is 0. The first-order valence-corrected chi connectivity index (χ1v) is 8.30. The molecule has 0 radical (unpaired) electrons. The number of benzene rings is 2. The van der Waals surface area contributed by atoms with E-state index in [1.165, 1.54) is 5.56 Å². The third kappa shape index (κ3) is 3.22. The number of rotatable bonds is 5. The molecule has 0 aliphatic rings. The first kappa shape index (κ1) is 14.9. The third-order valence-corrected chi connectivity index (χ3v) is 3.94. The molecule has 0 unspecified atom stereocenters. The van der Waals surface area contributed by atoms with Crippen LogP contribution in [0.15, 0.2) is 59.0 Å². The van der Waals surface area contributed by atoms with Gasteiger partial charge in [-0.05, 0) is 29.8 Å². The fourth-order valence-corrected chi connectivity index (χ4v) is 2.48. The van der Waals surface area contributed by atoms with E-state index < -0.39 is 0 Å². The van der Waals surface area contributed by atoms with E-state index in [0.717, 1.165) is 28.8 Å². The molecule has 0 amide bonds. The summed E-state index contributed by atoms with van der Waals surface area (Å²) in [6, 6.07) is 17.8. The molecule has 0 aliphatic heterocycles. The highest BCUT2D eigenvalue weighted by atomic mass is 79.9. The van der Waals surface area contributed by atoms with Gasteiger partial charge in [0.15, 0.2) is 5.76 Å². The molecular weight excluding hydrogens is 342 g/mol. The molecule has 3 rings (SSSR count). The van der Waals surface area contributed by atoms with E-state index in [0.29, 0.717) is 11.8 Å². The van der Waals surface area contributed by atoms with Crippen molar-refractivity contribution >= 4 is 15.9 Å². The molecule has 0 saturated heterocycles. The Bertz CT molecular complexity index is 736. The maximum Gasteiger partial charge on any atom is 0.262 e. The van der Waals surface area contributed by atoms with Crippen molar-refractivity contribution in [2.45, 2.75) is 18.7 Å². The Morgan fingerprint density at radius 3 is 2.41 bits per heavy atom. The van der Waals surface area contributed by atoms with Gasteiger partial charge < -0.3 is 9.15 Å². The summed E-state index contributed by atoms with van der Waals surface area (Å²) in [5.41, 5.74) is 2.15. The standard InChI is InChI=1S/C18H16BrNO2/c1-2-16-18(21-15-10-8-13(12-19)9-11-15)20-17(22-16)14-6-4-3-5-7-14/h3-11H,2,12H2,1H3. The van der Waals surface area contributed by atoms with Gasteiger partial charge >= 0.3 is 0 Å². The van der Waals surface area contributed by atoms with Gasteiger partial charge in [-0.3, -0.25) is 0 Å². The molecule has 0 N–H and O–H groups in total. The van der Waals surface area contributed by atoms with E-state index in [4.69, 9.17) is 9.15 Å². The van der Waals surface area contributed by atoms with Crippen molar-refractivity contribution in [3.05, 3.63) is 65.9 Å². The third-order valence-electron chi connectivity index (χ3n) is 3.30. The van der Waals surface area contributed by atoms with Crippen LogP contribution >= 0.6 is 15.9 Å². The fourth-order valence-electron chi connectivity index (χ4n) is 2.10. The largest absolute Gasteiger partial charge is 0.437 e. The fraction of sp³-hybridized carbons (Fsp3) is 0.167. The number of ether oxygens (including phenoxy) is 1. The summed E-state index contributed by atoms with van der Waals surface area (Å²) in [5, 5.41) is 0.829. The van der Waals surface area contributed by atoms with Crippen LogP contribution in [0.2, 0.25) is 0 Å². The summed E-state index contributed by atoms with van der Waals surface area (Å²) >= 11 is 3.43. The van der Waals surface area contributed by atoms with Crippen LogP contribution in [-0.2, 0) is 11.8 Å². The number of nitrogens with zero attached hydrogens (tertiary/aromatic N) is 1. The summed E-state index contributed by atoms with van der Waals surface area (Å²) in [6.07, 6.45) is 0.731. The second-order valence-corrected chi connectivity index (χ2v) is 5.41. The first-order chi connectivity index (χ1) is 10.8. The number of oxazole rings is 1. The van der Waals surface area contributed by atoms with E-state index >= 15 is 0 Å². The van der Waals surface area contributed by atoms with Crippen molar-refractivity contribution in [2.75, 3.05) is 0 Å². The number of alkyl halides is 1. The first-order valence-electron chi connectivity index (χ1n) is 7.18. The average Bonchev–Trinajstić information content (AvgIpc) is 2.99. The molecule has 3 nitrogen and oxygen atoms in total. The molecule has 1 heterocycles. The molecule has 0 fully saturated rings. The molecule has 2 aromatic carbocycles. The summed E-state index contributed by atoms with van der Waals surface area (Å²) < 4.78 is 11.7. The molecule has 22 heavy (non-hydrogen) atoms. The van der Waals surface area contributed by atoms with Crippen LogP contribution in [0.3, 0.4) is 0 Å². The van der Waals surface area contributed by atoms with Gasteiger partial charge in [0.2, 0.25) is 5.89 Å². The lowest BCUT2D eigenvalue weighted by Crippen LogP contribution is -1.89. The van der Waals surface area contributed by atoms with Gasteiger partial charge in [-0.25, -0.2) is 0 Å². The van der Waals surface area contributed by atoms with Crippen LogP contribution in [0.4, 0.5) is 0 Å². The Morgan fingerprint density at radius 1 is 1.05 bits per heavy atom. The smallest absolute Gasteiger partial charge is 0.262 e. The summed E-state index contributed by atoms with van der Waals surface area (Å²) in [7, 11) is 0. The Morgan fingerprint density at radius 2 is 1.77 bits per heavy atom. The number of hydrogen-bond acceptors (Lipinski definition) is 3. The molecule has 0 atom stereocenters. The Hall–Kier alpha value is -2.07. The number of aryl methyl sites for hydroxylation is 1. The Kier molecular flexibility index (Phi) is 4.59.